The van der Waals surface area contributed by atoms with Crippen LogP contribution < -0.4 is 10.6 Å². The summed E-state index contributed by atoms with van der Waals surface area (Å²) in [4.78, 5) is 12.6. The Hall–Kier alpha value is -0.810. The van der Waals surface area contributed by atoms with Crippen LogP contribution in [0, 0.1) is 5.41 Å². The van der Waals surface area contributed by atoms with Gasteiger partial charge < -0.3 is 15.4 Å². The first-order valence-electron chi connectivity index (χ1n) is 6.53. The molecule has 0 unspecified atom stereocenters. The summed E-state index contributed by atoms with van der Waals surface area (Å²) in [5.41, 5.74) is 0.121. The van der Waals surface area contributed by atoms with Gasteiger partial charge in [-0.3, -0.25) is 4.79 Å². The van der Waals surface area contributed by atoms with Gasteiger partial charge in [0, 0.05) is 22.8 Å². The van der Waals surface area contributed by atoms with Crippen LogP contribution in [0.5, 0.6) is 0 Å². The fourth-order valence-electron chi connectivity index (χ4n) is 2.51. The Balaban J connectivity index is 2.15. The molecule has 1 aromatic rings. The predicted molar refractivity (Wildman–Crippen MR) is 81.5 cm³/mol. The molecule has 4 nitrogen and oxygen atoms in total. The molecule has 0 spiro atoms. The van der Waals surface area contributed by atoms with E-state index in [2.05, 4.69) is 10.6 Å². The van der Waals surface area contributed by atoms with E-state index in [4.69, 9.17) is 27.9 Å². The molecule has 2 N–H and O–H groups in total. The van der Waals surface area contributed by atoms with Crippen LogP contribution in [-0.2, 0) is 9.53 Å². The van der Waals surface area contributed by atoms with Gasteiger partial charge in [-0.25, -0.2) is 0 Å². The summed E-state index contributed by atoms with van der Waals surface area (Å²) in [6.07, 6.45) is 1.50. The number of ether oxygens (including phenoxy) is 1. The lowest BCUT2D eigenvalue weighted by Crippen LogP contribution is -2.47. The molecule has 0 atom stereocenters. The van der Waals surface area contributed by atoms with Gasteiger partial charge in [0.15, 0.2) is 0 Å². The molecular formula is C14H18Cl2N2O2. The second-order valence-electron chi connectivity index (χ2n) is 5.08. The van der Waals surface area contributed by atoms with Gasteiger partial charge in [-0.05, 0) is 44.1 Å². The Morgan fingerprint density at radius 1 is 1.30 bits per heavy atom. The molecule has 1 aromatic carbocycles. The number of piperidine rings is 1. The number of hydrogen-bond donors (Lipinski definition) is 2. The molecule has 110 valence electrons. The van der Waals surface area contributed by atoms with Crippen molar-refractivity contribution in [1.29, 1.82) is 0 Å². The number of halogens is 2. The number of benzene rings is 1. The summed E-state index contributed by atoms with van der Waals surface area (Å²) in [5.74, 6) is -0.0424. The second kappa shape index (κ2) is 6.76. The van der Waals surface area contributed by atoms with E-state index in [1.54, 1.807) is 25.3 Å². The first kappa shape index (κ1) is 15.6. The summed E-state index contributed by atoms with van der Waals surface area (Å²) >= 11 is 11.9. The highest BCUT2D eigenvalue weighted by molar-refractivity contribution is 6.35. The summed E-state index contributed by atoms with van der Waals surface area (Å²) < 4.78 is 5.25. The van der Waals surface area contributed by atoms with Crippen LogP contribution in [0.15, 0.2) is 18.2 Å². The molecule has 2 rings (SSSR count). The molecule has 6 heteroatoms. The normalized spacial score (nSPS) is 17.8. The van der Waals surface area contributed by atoms with Gasteiger partial charge in [0.25, 0.3) is 0 Å². The van der Waals surface area contributed by atoms with Crippen molar-refractivity contribution in [2.24, 2.45) is 5.41 Å². The van der Waals surface area contributed by atoms with Crippen LogP contribution in [0.1, 0.15) is 12.8 Å². The molecule has 20 heavy (non-hydrogen) atoms. The summed E-state index contributed by atoms with van der Waals surface area (Å²) in [5, 5.41) is 7.16. The third kappa shape index (κ3) is 3.64. The Kier molecular flexibility index (Phi) is 5.27. The number of carbonyl (C=O) groups excluding carboxylic acids is 1. The average molecular weight is 317 g/mol. The Bertz CT molecular complexity index is 462. The lowest BCUT2D eigenvalue weighted by Gasteiger charge is -2.35. The van der Waals surface area contributed by atoms with Gasteiger partial charge in [-0.1, -0.05) is 23.2 Å². The number of carbonyl (C=O) groups is 1. The van der Waals surface area contributed by atoms with Crippen molar-refractivity contribution in [3.8, 4) is 0 Å². The molecule has 1 heterocycles. The van der Waals surface area contributed by atoms with Gasteiger partial charge in [-0.2, -0.15) is 0 Å². The second-order valence-corrected chi connectivity index (χ2v) is 5.95. The lowest BCUT2D eigenvalue weighted by atomic mass is 9.78. The van der Waals surface area contributed by atoms with E-state index in [1.165, 1.54) is 0 Å². The van der Waals surface area contributed by atoms with Crippen molar-refractivity contribution < 1.29 is 9.53 Å². The largest absolute Gasteiger partial charge is 0.384 e. The Labute approximate surface area is 128 Å². The smallest absolute Gasteiger partial charge is 0.233 e. The number of methoxy groups -OCH3 is 1. The topological polar surface area (TPSA) is 50.4 Å². The summed E-state index contributed by atoms with van der Waals surface area (Å²) in [6, 6.07) is 5.01. The van der Waals surface area contributed by atoms with Gasteiger partial charge in [0.2, 0.25) is 5.91 Å². The van der Waals surface area contributed by atoms with Crippen molar-refractivity contribution in [2.45, 2.75) is 12.8 Å². The van der Waals surface area contributed by atoms with Gasteiger partial charge >= 0.3 is 0 Å². The minimum absolute atomic E-state index is 0.0424. The minimum atomic E-state index is -0.491. The zero-order valence-corrected chi connectivity index (χ0v) is 12.9. The van der Waals surface area contributed by atoms with E-state index in [9.17, 15) is 4.79 Å². The third-order valence-electron chi connectivity index (χ3n) is 3.58. The first-order valence-corrected chi connectivity index (χ1v) is 7.28. The van der Waals surface area contributed by atoms with Crippen molar-refractivity contribution in [3.63, 3.8) is 0 Å². The highest BCUT2D eigenvalue weighted by atomic mass is 35.5. The quantitative estimate of drug-likeness (QED) is 0.898. The Morgan fingerprint density at radius 3 is 2.45 bits per heavy atom. The molecule has 0 aromatic heterocycles. The average Bonchev–Trinajstić information content (AvgIpc) is 2.38. The summed E-state index contributed by atoms with van der Waals surface area (Å²) in [6.45, 7) is 2.04. The van der Waals surface area contributed by atoms with Gasteiger partial charge in [0.1, 0.15) is 0 Å². The third-order valence-corrected chi connectivity index (χ3v) is 4.02. The van der Waals surface area contributed by atoms with Crippen LogP contribution >= 0.6 is 23.2 Å². The maximum absolute atomic E-state index is 12.6. The molecule has 0 bridgehead atoms. The summed E-state index contributed by atoms with van der Waals surface area (Å²) in [7, 11) is 1.62. The molecule has 1 aliphatic heterocycles. The van der Waals surface area contributed by atoms with E-state index < -0.39 is 5.41 Å². The van der Waals surface area contributed by atoms with Crippen molar-refractivity contribution >= 4 is 34.8 Å². The predicted octanol–water partition coefficient (Wildman–Crippen LogP) is 2.95. The Morgan fingerprint density at radius 2 is 1.90 bits per heavy atom. The minimum Gasteiger partial charge on any atom is -0.384 e. The highest BCUT2D eigenvalue weighted by Crippen LogP contribution is 2.32. The molecule has 1 aliphatic rings. The van der Waals surface area contributed by atoms with Crippen molar-refractivity contribution in [1.82, 2.24) is 5.32 Å². The van der Waals surface area contributed by atoms with Crippen LogP contribution in [-0.4, -0.2) is 32.7 Å². The highest BCUT2D eigenvalue weighted by Gasteiger charge is 2.39. The standard InChI is InChI=1S/C14H18Cl2N2O2/c1-20-9-14(2-4-17-5-3-14)13(19)18-12-7-10(15)6-11(16)8-12/h6-8,17H,2-5,9H2,1H3,(H,18,19). The SMILES string of the molecule is COCC1(C(=O)Nc2cc(Cl)cc(Cl)c2)CCNCC1. The van der Waals surface area contributed by atoms with Crippen LogP contribution in [0.25, 0.3) is 0 Å². The zero-order valence-electron chi connectivity index (χ0n) is 11.3. The molecule has 0 saturated carbocycles. The monoisotopic (exact) mass is 316 g/mol. The number of rotatable bonds is 4. The molecule has 0 aliphatic carbocycles. The van der Waals surface area contributed by atoms with Crippen LogP contribution in [0.3, 0.4) is 0 Å². The van der Waals surface area contributed by atoms with E-state index in [1.807, 2.05) is 0 Å². The maximum atomic E-state index is 12.6. The van der Waals surface area contributed by atoms with Crippen LogP contribution in [0.2, 0.25) is 10.0 Å². The lowest BCUT2D eigenvalue weighted by molar-refractivity contribution is -0.130. The zero-order chi connectivity index (χ0) is 14.6. The molecule has 1 amide bonds. The van der Waals surface area contributed by atoms with E-state index in [0.29, 0.717) is 22.3 Å². The van der Waals surface area contributed by atoms with Crippen molar-refractivity contribution in [3.05, 3.63) is 28.2 Å². The number of anilines is 1. The maximum Gasteiger partial charge on any atom is 0.233 e. The number of hydrogen-bond acceptors (Lipinski definition) is 3. The molecular weight excluding hydrogens is 299 g/mol. The van der Waals surface area contributed by atoms with E-state index in [-0.39, 0.29) is 5.91 Å². The molecule has 1 saturated heterocycles. The number of amides is 1. The van der Waals surface area contributed by atoms with E-state index in [0.717, 1.165) is 25.9 Å². The van der Waals surface area contributed by atoms with Gasteiger partial charge in [-0.15, -0.1) is 0 Å². The number of nitrogens with one attached hydrogen (secondary N) is 2. The molecule has 0 radical (unpaired) electrons. The first-order chi connectivity index (χ1) is 9.55. The fraction of sp³-hybridized carbons (Fsp3) is 0.500. The fourth-order valence-corrected chi connectivity index (χ4v) is 3.03. The van der Waals surface area contributed by atoms with Crippen molar-refractivity contribution in [2.75, 3.05) is 32.1 Å². The van der Waals surface area contributed by atoms with E-state index >= 15 is 0 Å². The van der Waals surface area contributed by atoms with Crippen LogP contribution in [0.4, 0.5) is 5.69 Å². The van der Waals surface area contributed by atoms with Gasteiger partial charge in [0.05, 0.1) is 12.0 Å². The molecule has 1 fully saturated rings.